The highest BCUT2D eigenvalue weighted by Crippen LogP contribution is 2.18. The van der Waals surface area contributed by atoms with Gasteiger partial charge in [-0.25, -0.2) is 0 Å². The summed E-state index contributed by atoms with van der Waals surface area (Å²) in [6, 6.07) is 12.9. The van der Waals surface area contributed by atoms with Gasteiger partial charge in [0, 0.05) is 19.2 Å². The predicted molar refractivity (Wildman–Crippen MR) is 70.0 cm³/mol. The van der Waals surface area contributed by atoms with Crippen molar-refractivity contribution in [1.29, 1.82) is 5.26 Å². The van der Waals surface area contributed by atoms with Crippen LogP contribution < -0.4 is 0 Å². The van der Waals surface area contributed by atoms with E-state index in [2.05, 4.69) is 6.07 Å². The number of nitriles is 1. The molecule has 2 rings (SSSR count). The van der Waals surface area contributed by atoms with Crippen LogP contribution in [-0.2, 0) is 11.3 Å². The van der Waals surface area contributed by atoms with E-state index in [0.717, 1.165) is 5.56 Å². The molecule has 0 aliphatic carbocycles. The Kier molecular flexibility index (Phi) is 3.99. The smallest absolute Gasteiger partial charge is 0.244 e. The van der Waals surface area contributed by atoms with Crippen molar-refractivity contribution in [2.75, 3.05) is 7.05 Å². The molecule has 1 amide bonds. The lowest BCUT2D eigenvalue weighted by Crippen LogP contribution is -2.30. The first-order valence-corrected chi connectivity index (χ1v) is 5.93. The average molecular weight is 254 g/mol. The SMILES string of the molecule is CN(Cc1ccoc1)C(=O)C(C#N)c1ccccc1. The van der Waals surface area contributed by atoms with Gasteiger partial charge in [-0.1, -0.05) is 30.3 Å². The van der Waals surface area contributed by atoms with Crippen LogP contribution in [0.2, 0.25) is 0 Å². The third-order valence-electron chi connectivity index (χ3n) is 2.89. The number of hydrogen-bond acceptors (Lipinski definition) is 3. The molecular formula is C15H14N2O2. The molecule has 4 nitrogen and oxygen atoms in total. The zero-order valence-electron chi connectivity index (χ0n) is 10.6. The Bertz CT molecular complexity index is 570. The van der Waals surface area contributed by atoms with E-state index >= 15 is 0 Å². The molecule has 1 aromatic heterocycles. The molecule has 1 heterocycles. The minimum absolute atomic E-state index is 0.213. The molecule has 0 radical (unpaired) electrons. The van der Waals surface area contributed by atoms with Gasteiger partial charge in [0.05, 0.1) is 18.6 Å². The van der Waals surface area contributed by atoms with E-state index in [1.807, 2.05) is 18.2 Å². The van der Waals surface area contributed by atoms with Gasteiger partial charge in [-0.3, -0.25) is 4.79 Å². The average Bonchev–Trinajstić information content (AvgIpc) is 2.93. The second kappa shape index (κ2) is 5.87. The van der Waals surface area contributed by atoms with Crippen LogP contribution in [0.4, 0.5) is 0 Å². The number of rotatable bonds is 4. The maximum atomic E-state index is 12.3. The van der Waals surface area contributed by atoms with Crippen molar-refractivity contribution in [1.82, 2.24) is 4.90 Å². The monoisotopic (exact) mass is 254 g/mol. The number of amides is 1. The fourth-order valence-electron chi connectivity index (χ4n) is 1.87. The first-order valence-electron chi connectivity index (χ1n) is 5.93. The predicted octanol–water partition coefficient (Wildman–Crippen LogP) is 2.55. The number of nitrogens with zero attached hydrogens (tertiary/aromatic N) is 2. The molecule has 0 spiro atoms. The molecule has 2 aromatic rings. The summed E-state index contributed by atoms with van der Waals surface area (Å²) >= 11 is 0. The fraction of sp³-hybridized carbons (Fsp3) is 0.200. The van der Waals surface area contributed by atoms with Crippen LogP contribution >= 0.6 is 0 Å². The van der Waals surface area contributed by atoms with Crippen molar-refractivity contribution >= 4 is 5.91 Å². The van der Waals surface area contributed by atoms with E-state index in [1.54, 1.807) is 37.8 Å². The molecule has 1 unspecified atom stereocenters. The minimum Gasteiger partial charge on any atom is -0.472 e. The fourth-order valence-corrected chi connectivity index (χ4v) is 1.87. The normalized spacial score (nSPS) is 11.6. The number of carbonyl (C=O) groups is 1. The van der Waals surface area contributed by atoms with Gasteiger partial charge >= 0.3 is 0 Å². The maximum Gasteiger partial charge on any atom is 0.244 e. The first kappa shape index (κ1) is 12.9. The summed E-state index contributed by atoms with van der Waals surface area (Å²) in [5.41, 5.74) is 1.62. The lowest BCUT2D eigenvalue weighted by atomic mass is 9.99. The zero-order valence-corrected chi connectivity index (χ0v) is 10.6. The van der Waals surface area contributed by atoms with Crippen LogP contribution in [-0.4, -0.2) is 17.9 Å². The van der Waals surface area contributed by atoms with Crippen LogP contribution in [0.1, 0.15) is 17.0 Å². The molecule has 19 heavy (non-hydrogen) atoms. The summed E-state index contributed by atoms with van der Waals surface area (Å²) in [4.78, 5) is 13.8. The van der Waals surface area contributed by atoms with Crippen LogP contribution in [0.3, 0.4) is 0 Å². The number of furan rings is 1. The zero-order chi connectivity index (χ0) is 13.7. The molecule has 0 fully saturated rings. The van der Waals surface area contributed by atoms with Gasteiger partial charge in [0.25, 0.3) is 0 Å². The Hall–Kier alpha value is -2.54. The molecule has 0 saturated heterocycles. The van der Waals surface area contributed by atoms with E-state index in [-0.39, 0.29) is 5.91 Å². The molecule has 1 aromatic carbocycles. The summed E-state index contributed by atoms with van der Waals surface area (Å²) in [7, 11) is 1.68. The molecule has 0 bridgehead atoms. The third-order valence-corrected chi connectivity index (χ3v) is 2.89. The molecule has 0 N–H and O–H groups in total. The number of benzene rings is 1. The molecule has 1 atom stereocenters. The minimum atomic E-state index is -0.766. The van der Waals surface area contributed by atoms with Gasteiger partial charge in [0.1, 0.15) is 5.92 Å². The standard InChI is InChI=1S/C15H14N2O2/c1-17(10-12-7-8-19-11-12)15(18)14(9-16)13-5-3-2-4-6-13/h2-8,11,14H,10H2,1H3. The highest BCUT2D eigenvalue weighted by Gasteiger charge is 2.23. The van der Waals surface area contributed by atoms with Crippen molar-refractivity contribution in [2.24, 2.45) is 0 Å². The Morgan fingerprint density at radius 2 is 2.11 bits per heavy atom. The summed E-state index contributed by atoms with van der Waals surface area (Å²) in [5.74, 6) is -0.979. The second-order valence-electron chi connectivity index (χ2n) is 4.30. The maximum absolute atomic E-state index is 12.3. The number of carbonyl (C=O) groups excluding carboxylic acids is 1. The number of hydrogen-bond donors (Lipinski definition) is 0. The van der Waals surface area contributed by atoms with Gasteiger partial charge in [0.2, 0.25) is 5.91 Å². The second-order valence-corrected chi connectivity index (χ2v) is 4.30. The van der Waals surface area contributed by atoms with Gasteiger partial charge < -0.3 is 9.32 Å². The molecule has 4 heteroatoms. The molecule has 96 valence electrons. The van der Waals surface area contributed by atoms with Crippen LogP contribution in [0, 0.1) is 11.3 Å². The Morgan fingerprint density at radius 3 is 2.68 bits per heavy atom. The highest BCUT2D eigenvalue weighted by molar-refractivity contribution is 5.86. The Balaban J connectivity index is 2.11. The van der Waals surface area contributed by atoms with Crippen molar-refractivity contribution in [3.8, 4) is 6.07 Å². The molecular weight excluding hydrogens is 240 g/mol. The molecule has 0 saturated carbocycles. The van der Waals surface area contributed by atoms with E-state index in [1.165, 1.54) is 4.90 Å². The van der Waals surface area contributed by atoms with Gasteiger partial charge in [0.15, 0.2) is 0 Å². The van der Waals surface area contributed by atoms with Crippen LogP contribution in [0.25, 0.3) is 0 Å². The Morgan fingerprint density at radius 1 is 1.37 bits per heavy atom. The van der Waals surface area contributed by atoms with Crippen molar-refractivity contribution in [2.45, 2.75) is 12.5 Å². The quantitative estimate of drug-likeness (QED) is 0.842. The van der Waals surface area contributed by atoms with Crippen LogP contribution in [0.15, 0.2) is 53.3 Å². The summed E-state index contributed by atoms with van der Waals surface area (Å²) in [6.45, 7) is 0.431. The van der Waals surface area contributed by atoms with Crippen LogP contribution in [0.5, 0.6) is 0 Å². The Labute approximate surface area is 111 Å². The lowest BCUT2D eigenvalue weighted by Gasteiger charge is -2.19. The van der Waals surface area contributed by atoms with Crippen molar-refractivity contribution in [3.63, 3.8) is 0 Å². The number of likely N-dealkylation sites (N-methyl/N-ethyl adjacent to an activating group) is 1. The van der Waals surface area contributed by atoms with Gasteiger partial charge in [-0.05, 0) is 11.6 Å². The topological polar surface area (TPSA) is 57.2 Å². The van der Waals surface area contributed by atoms with E-state index < -0.39 is 5.92 Å². The summed E-state index contributed by atoms with van der Waals surface area (Å²) < 4.78 is 4.96. The van der Waals surface area contributed by atoms with Gasteiger partial charge in [-0.2, -0.15) is 5.26 Å². The lowest BCUT2D eigenvalue weighted by molar-refractivity contribution is -0.130. The van der Waals surface area contributed by atoms with Gasteiger partial charge in [-0.15, -0.1) is 0 Å². The third kappa shape index (κ3) is 3.02. The van der Waals surface area contributed by atoms with E-state index in [9.17, 15) is 10.1 Å². The summed E-state index contributed by atoms with van der Waals surface area (Å²) in [6.07, 6.45) is 3.15. The summed E-state index contributed by atoms with van der Waals surface area (Å²) in [5, 5.41) is 9.21. The highest BCUT2D eigenvalue weighted by atomic mass is 16.3. The first-order chi connectivity index (χ1) is 9.22. The van der Waals surface area contributed by atoms with E-state index in [0.29, 0.717) is 12.1 Å². The van der Waals surface area contributed by atoms with Crippen molar-refractivity contribution in [3.05, 3.63) is 60.1 Å². The molecule has 0 aliphatic rings. The van der Waals surface area contributed by atoms with Crippen molar-refractivity contribution < 1.29 is 9.21 Å². The molecule has 0 aliphatic heterocycles. The van der Waals surface area contributed by atoms with E-state index in [4.69, 9.17) is 4.42 Å². The largest absolute Gasteiger partial charge is 0.472 e.